The van der Waals surface area contributed by atoms with Crippen molar-refractivity contribution in [3.05, 3.63) is 59.6 Å². The van der Waals surface area contributed by atoms with Crippen LogP contribution in [0.4, 0.5) is 5.69 Å². The molecule has 0 unspecified atom stereocenters. The molecule has 0 saturated carbocycles. The molecule has 7 nitrogen and oxygen atoms in total. The van der Waals surface area contributed by atoms with E-state index in [-0.39, 0.29) is 25.6 Å². The summed E-state index contributed by atoms with van der Waals surface area (Å²) in [7, 11) is 0. The lowest BCUT2D eigenvalue weighted by molar-refractivity contribution is -0.142. The van der Waals surface area contributed by atoms with Gasteiger partial charge in [-0.2, -0.15) is 0 Å². The van der Waals surface area contributed by atoms with Gasteiger partial charge in [-0.3, -0.25) is 19.4 Å². The van der Waals surface area contributed by atoms with E-state index in [4.69, 9.17) is 21.1 Å². The number of nitrogens with zero attached hydrogens (tertiary/aromatic N) is 3. The van der Waals surface area contributed by atoms with Crippen molar-refractivity contribution in [2.24, 2.45) is 0 Å². The average Bonchev–Trinajstić information content (AvgIpc) is 2.80. The van der Waals surface area contributed by atoms with Crippen molar-refractivity contribution in [2.75, 3.05) is 63.9 Å². The molecule has 172 valence electrons. The molecule has 0 N–H and O–H groups in total. The zero-order valence-electron chi connectivity index (χ0n) is 18.4. The summed E-state index contributed by atoms with van der Waals surface area (Å²) < 4.78 is 10.8. The molecular weight excluding hydrogens is 430 g/mol. The summed E-state index contributed by atoms with van der Waals surface area (Å²) in [5, 5.41) is 0.613. The summed E-state index contributed by atoms with van der Waals surface area (Å²) in [5.41, 5.74) is 0.695. The number of rotatable bonds is 10. The number of amides is 1. The van der Waals surface area contributed by atoms with Gasteiger partial charge in [0.25, 0.3) is 0 Å². The van der Waals surface area contributed by atoms with E-state index < -0.39 is 5.97 Å². The molecule has 32 heavy (non-hydrogen) atoms. The predicted octanol–water partition coefficient (Wildman–Crippen LogP) is 2.93. The van der Waals surface area contributed by atoms with E-state index in [2.05, 4.69) is 9.80 Å². The van der Waals surface area contributed by atoms with Crippen molar-refractivity contribution in [1.82, 2.24) is 9.80 Å². The van der Waals surface area contributed by atoms with Crippen molar-refractivity contribution in [1.29, 1.82) is 0 Å². The number of hydrogen-bond donors (Lipinski definition) is 0. The number of para-hydroxylation sites is 2. The van der Waals surface area contributed by atoms with Gasteiger partial charge in [-0.25, -0.2) is 0 Å². The Balaban J connectivity index is 1.46. The molecule has 1 saturated heterocycles. The number of halogens is 1. The number of benzene rings is 2. The largest absolute Gasteiger partial charge is 0.491 e. The Kier molecular flexibility index (Phi) is 9.34. The maximum absolute atomic E-state index is 13.0. The van der Waals surface area contributed by atoms with E-state index >= 15 is 0 Å². The van der Waals surface area contributed by atoms with Gasteiger partial charge in [0.05, 0.1) is 18.2 Å². The van der Waals surface area contributed by atoms with Crippen molar-refractivity contribution in [2.45, 2.75) is 6.92 Å². The van der Waals surface area contributed by atoms with Gasteiger partial charge >= 0.3 is 5.97 Å². The van der Waals surface area contributed by atoms with E-state index in [9.17, 15) is 9.59 Å². The lowest BCUT2D eigenvalue weighted by Gasteiger charge is -2.35. The second kappa shape index (κ2) is 12.4. The van der Waals surface area contributed by atoms with E-state index in [0.717, 1.165) is 32.7 Å². The molecule has 1 fully saturated rings. The molecule has 1 aliphatic rings. The fraction of sp³-hybridized carbons (Fsp3) is 0.417. The molecule has 2 aromatic carbocycles. The molecule has 1 amide bonds. The van der Waals surface area contributed by atoms with Gasteiger partial charge in [-0.15, -0.1) is 0 Å². The van der Waals surface area contributed by atoms with Crippen LogP contribution in [0.1, 0.15) is 6.92 Å². The Bertz CT molecular complexity index is 873. The molecule has 8 heteroatoms. The van der Waals surface area contributed by atoms with Crippen LogP contribution >= 0.6 is 11.6 Å². The highest BCUT2D eigenvalue weighted by molar-refractivity contribution is 6.32. The Labute approximate surface area is 194 Å². The molecule has 0 radical (unpaired) electrons. The minimum absolute atomic E-state index is 0.0873. The van der Waals surface area contributed by atoms with Crippen LogP contribution < -0.4 is 9.64 Å². The van der Waals surface area contributed by atoms with Crippen LogP contribution in [0.2, 0.25) is 5.02 Å². The number of hydrogen-bond acceptors (Lipinski definition) is 6. The molecule has 1 heterocycles. The quantitative estimate of drug-likeness (QED) is 0.509. The molecule has 3 rings (SSSR count). The summed E-state index contributed by atoms with van der Waals surface area (Å²) in [5.74, 6) is 0.175. The third-order valence-electron chi connectivity index (χ3n) is 5.29. The van der Waals surface area contributed by atoms with Crippen molar-refractivity contribution >= 4 is 29.2 Å². The molecule has 0 spiro atoms. The summed E-state index contributed by atoms with van der Waals surface area (Å²) in [6.07, 6.45) is 0. The smallest absolute Gasteiger partial charge is 0.326 e. The predicted molar refractivity (Wildman–Crippen MR) is 125 cm³/mol. The zero-order valence-corrected chi connectivity index (χ0v) is 19.2. The van der Waals surface area contributed by atoms with E-state index in [1.165, 1.54) is 4.90 Å². The van der Waals surface area contributed by atoms with E-state index in [1.807, 2.05) is 54.6 Å². The van der Waals surface area contributed by atoms with Crippen LogP contribution in [0.25, 0.3) is 0 Å². The average molecular weight is 460 g/mol. The number of anilines is 1. The third kappa shape index (κ3) is 7.22. The molecule has 0 bridgehead atoms. The summed E-state index contributed by atoms with van der Waals surface area (Å²) in [6, 6.07) is 16.7. The number of ether oxygens (including phenoxy) is 2. The maximum atomic E-state index is 13.0. The van der Waals surface area contributed by atoms with Crippen molar-refractivity contribution < 1.29 is 19.1 Å². The van der Waals surface area contributed by atoms with E-state index in [0.29, 0.717) is 23.1 Å². The van der Waals surface area contributed by atoms with Crippen LogP contribution in [0, 0.1) is 0 Å². The summed E-state index contributed by atoms with van der Waals surface area (Å²) >= 11 is 6.12. The normalized spacial score (nSPS) is 14.7. The van der Waals surface area contributed by atoms with Crippen LogP contribution in [-0.2, 0) is 14.3 Å². The second-order valence-corrected chi connectivity index (χ2v) is 7.92. The highest BCUT2D eigenvalue weighted by Gasteiger charge is 2.24. The van der Waals surface area contributed by atoms with Crippen molar-refractivity contribution in [3.63, 3.8) is 0 Å². The highest BCUT2D eigenvalue weighted by atomic mass is 35.5. The molecular formula is C24H30ClN3O4. The first kappa shape index (κ1) is 24.0. The molecule has 0 atom stereocenters. The SMILES string of the molecule is CCOC(=O)CN(C(=O)CN1CCN(CCOc2ccccc2Cl)CC1)c1ccccc1. The number of carbonyl (C=O) groups excluding carboxylic acids is 2. The van der Waals surface area contributed by atoms with Gasteiger partial charge in [0.2, 0.25) is 5.91 Å². The monoisotopic (exact) mass is 459 g/mol. The minimum atomic E-state index is -0.409. The first-order valence-electron chi connectivity index (χ1n) is 10.9. The Hall–Kier alpha value is -2.61. The maximum Gasteiger partial charge on any atom is 0.326 e. The Morgan fingerprint density at radius 1 is 0.969 bits per heavy atom. The third-order valence-corrected chi connectivity index (χ3v) is 5.60. The van der Waals surface area contributed by atoms with Crippen LogP contribution in [0.3, 0.4) is 0 Å². The van der Waals surface area contributed by atoms with E-state index in [1.54, 1.807) is 6.92 Å². The fourth-order valence-electron chi connectivity index (χ4n) is 3.56. The minimum Gasteiger partial charge on any atom is -0.491 e. The number of piperazine rings is 1. The van der Waals surface area contributed by atoms with Gasteiger partial charge in [-0.1, -0.05) is 41.9 Å². The van der Waals surface area contributed by atoms with Crippen LogP contribution in [0.5, 0.6) is 5.75 Å². The summed E-state index contributed by atoms with van der Waals surface area (Å²) in [6.45, 7) is 6.83. The lowest BCUT2D eigenvalue weighted by Crippen LogP contribution is -2.51. The first-order chi connectivity index (χ1) is 15.6. The van der Waals surface area contributed by atoms with Crippen LogP contribution in [-0.4, -0.2) is 80.7 Å². The highest BCUT2D eigenvalue weighted by Crippen LogP contribution is 2.23. The van der Waals surface area contributed by atoms with Gasteiger partial charge < -0.3 is 14.4 Å². The zero-order chi connectivity index (χ0) is 22.8. The topological polar surface area (TPSA) is 62.3 Å². The molecule has 0 aliphatic carbocycles. The molecule has 2 aromatic rings. The van der Waals surface area contributed by atoms with Gasteiger partial charge in [0.15, 0.2) is 0 Å². The van der Waals surface area contributed by atoms with Gasteiger partial charge in [0, 0.05) is 38.4 Å². The summed E-state index contributed by atoms with van der Waals surface area (Å²) in [4.78, 5) is 31.0. The Morgan fingerprint density at radius 3 is 2.31 bits per heavy atom. The fourth-order valence-corrected chi connectivity index (χ4v) is 3.75. The van der Waals surface area contributed by atoms with Crippen molar-refractivity contribution in [3.8, 4) is 5.75 Å². The molecule has 1 aliphatic heterocycles. The van der Waals surface area contributed by atoms with Gasteiger partial charge in [-0.05, 0) is 31.2 Å². The second-order valence-electron chi connectivity index (χ2n) is 7.52. The lowest BCUT2D eigenvalue weighted by atomic mass is 10.2. The van der Waals surface area contributed by atoms with Gasteiger partial charge in [0.1, 0.15) is 18.9 Å². The molecule has 0 aromatic heterocycles. The number of carbonyl (C=O) groups is 2. The first-order valence-corrected chi connectivity index (χ1v) is 11.3. The Morgan fingerprint density at radius 2 is 1.62 bits per heavy atom. The standard InChI is InChI=1S/C24H30ClN3O4/c1-2-31-24(30)19-28(20-8-4-3-5-9-20)23(29)18-27-14-12-26(13-15-27)16-17-32-22-11-7-6-10-21(22)25/h3-11H,2,12-19H2,1H3. The van der Waals surface area contributed by atoms with Crippen LogP contribution in [0.15, 0.2) is 54.6 Å². The number of esters is 1.